The van der Waals surface area contributed by atoms with Crippen molar-refractivity contribution < 1.29 is 14.1 Å². The van der Waals surface area contributed by atoms with Crippen molar-refractivity contribution in [2.45, 2.75) is 20.5 Å². The van der Waals surface area contributed by atoms with Crippen LogP contribution in [0.5, 0.6) is 5.75 Å². The van der Waals surface area contributed by atoms with E-state index in [1.807, 2.05) is 31.2 Å². The summed E-state index contributed by atoms with van der Waals surface area (Å²) in [5.74, 6) is 1.34. The van der Waals surface area contributed by atoms with E-state index in [9.17, 15) is 4.79 Å². The van der Waals surface area contributed by atoms with E-state index in [0.29, 0.717) is 17.1 Å². The Morgan fingerprint density at radius 2 is 1.96 bits per heavy atom. The van der Waals surface area contributed by atoms with E-state index in [2.05, 4.69) is 15.5 Å². The van der Waals surface area contributed by atoms with Crippen molar-refractivity contribution in [3.8, 4) is 5.75 Å². The van der Waals surface area contributed by atoms with Gasteiger partial charge in [-0.3, -0.25) is 4.79 Å². The van der Waals surface area contributed by atoms with Crippen LogP contribution in [0, 0.1) is 13.8 Å². The third-order valence-corrected chi connectivity index (χ3v) is 3.51. The van der Waals surface area contributed by atoms with Gasteiger partial charge in [0.05, 0.1) is 5.56 Å². The second-order valence-corrected chi connectivity index (χ2v) is 5.34. The van der Waals surface area contributed by atoms with Gasteiger partial charge in [-0.2, -0.15) is 0 Å². The maximum absolute atomic E-state index is 12.4. The summed E-state index contributed by atoms with van der Waals surface area (Å²) in [4.78, 5) is 16.4. The van der Waals surface area contributed by atoms with Gasteiger partial charge in [0.25, 0.3) is 5.91 Å². The minimum absolute atomic E-state index is 0.198. The van der Waals surface area contributed by atoms with E-state index >= 15 is 0 Å². The molecule has 0 atom stereocenters. The summed E-state index contributed by atoms with van der Waals surface area (Å²) in [7, 11) is 0. The minimum atomic E-state index is -0.381. The van der Waals surface area contributed by atoms with E-state index in [0.717, 1.165) is 11.3 Å². The second kappa shape index (κ2) is 6.95. The van der Waals surface area contributed by atoms with Gasteiger partial charge in [-0.25, -0.2) is 4.98 Å². The molecule has 3 rings (SSSR count). The molecule has 122 valence electrons. The Hall–Kier alpha value is -3.15. The first kappa shape index (κ1) is 15.7. The zero-order chi connectivity index (χ0) is 16.9. The van der Waals surface area contributed by atoms with Gasteiger partial charge in [-0.15, -0.1) is 0 Å². The lowest BCUT2D eigenvalue weighted by Gasteiger charge is -2.07. The molecule has 3 aromatic rings. The highest BCUT2D eigenvalue weighted by atomic mass is 16.5. The third kappa shape index (κ3) is 3.60. The third-order valence-electron chi connectivity index (χ3n) is 3.51. The van der Waals surface area contributed by atoms with Crippen LogP contribution in [0.25, 0.3) is 0 Å². The van der Waals surface area contributed by atoms with Gasteiger partial charge in [0.1, 0.15) is 23.9 Å². The van der Waals surface area contributed by atoms with Crippen molar-refractivity contribution in [1.29, 1.82) is 0 Å². The van der Waals surface area contributed by atoms with Gasteiger partial charge in [0.2, 0.25) is 0 Å². The summed E-state index contributed by atoms with van der Waals surface area (Å²) in [6, 6.07) is 13.0. The SMILES string of the molecule is Cc1ccc(OCc2c(C(=O)Nc3ccccn3)noc2C)cc1. The average Bonchev–Trinajstić information content (AvgIpc) is 2.96. The summed E-state index contributed by atoms with van der Waals surface area (Å²) < 4.78 is 10.9. The molecule has 0 bridgehead atoms. The number of anilines is 1. The lowest BCUT2D eigenvalue weighted by atomic mass is 10.2. The fourth-order valence-electron chi connectivity index (χ4n) is 2.14. The lowest BCUT2D eigenvalue weighted by Crippen LogP contribution is -2.16. The molecule has 0 saturated carbocycles. The van der Waals surface area contributed by atoms with Crippen molar-refractivity contribution in [3.63, 3.8) is 0 Å². The number of amides is 1. The smallest absolute Gasteiger partial charge is 0.279 e. The summed E-state index contributed by atoms with van der Waals surface area (Å²) in [5.41, 5.74) is 1.97. The number of hydrogen-bond donors (Lipinski definition) is 1. The minimum Gasteiger partial charge on any atom is -0.489 e. The summed E-state index contributed by atoms with van der Waals surface area (Å²) in [5, 5.41) is 6.53. The van der Waals surface area contributed by atoms with Crippen molar-refractivity contribution in [2.75, 3.05) is 5.32 Å². The molecule has 6 heteroatoms. The number of rotatable bonds is 5. The van der Waals surface area contributed by atoms with Gasteiger partial charge in [0, 0.05) is 6.20 Å². The summed E-state index contributed by atoms with van der Waals surface area (Å²) in [6.07, 6.45) is 1.60. The molecule has 24 heavy (non-hydrogen) atoms. The molecular weight excluding hydrogens is 306 g/mol. The number of aryl methyl sites for hydroxylation is 2. The highest BCUT2D eigenvalue weighted by Gasteiger charge is 2.20. The Labute approximate surface area is 139 Å². The van der Waals surface area contributed by atoms with Crippen molar-refractivity contribution in [2.24, 2.45) is 0 Å². The van der Waals surface area contributed by atoms with E-state index in [-0.39, 0.29) is 18.2 Å². The maximum Gasteiger partial charge on any atom is 0.279 e. The van der Waals surface area contributed by atoms with Crippen LogP contribution in [0.3, 0.4) is 0 Å². The van der Waals surface area contributed by atoms with Gasteiger partial charge in [0.15, 0.2) is 5.69 Å². The van der Waals surface area contributed by atoms with Gasteiger partial charge in [-0.05, 0) is 38.1 Å². The van der Waals surface area contributed by atoms with Crippen LogP contribution in [0.2, 0.25) is 0 Å². The van der Waals surface area contributed by atoms with Gasteiger partial charge >= 0.3 is 0 Å². The largest absolute Gasteiger partial charge is 0.489 e. The number of benzene rings is 1. The number of ether oxygens (including phenoxy) is 1. The van der Waals surface area contributed by atoms with Crippen LogP contribution in [0.15, 0.2) is 53.2 Å². The topological polar surface area (TPSA) is 77.2 Å². The summed E-state index contributed by atoms with van der Waals surface area (Å²) in [6.45, 7) is 3.95. The van der Waals surface area contributed by atoms with E-state index < -0.39 is 0 Å². The van der Waals surface area contributed by atoms with Gasteiger partial charge < -0.3 is 14.6 Å². The van der Waals surface area contributed by atoms with Crippen LogP contribution < -0.4 is 10.1 Å². The van der Waals surface area contributed by atoms with Crippen LogP contribution in [0.4, 0.5) is 5.82 Å². The first-order valence-electron chi connectivity index (χ1n) is 7.50. The number of hydrogen-bond acceptors (Lipinski definition) is 5. The molecule has 0 saturated heterocycles. The highest BCUT2D eigenvalue weighted by molar-refractivity contribution is 6.03. The van der Waals surface area contributed by atoms with Crippen LogP contribution >= 0.6 is 0 Å². The molecule has 1 amide bonds. The van der Waals surface area contributed by atoms with E-state index in [1.54, 1.807) is 31.3 Å². The molecule has 0 aliphatic carbocycles. The molecular formula is C18H17N3O3. The number of carbonyl (C=O) groups excluding carboxylic acids is 1. The standard InChI is InChI=1S/C18H17N3O3/c1-12-6-8-14(9-7-12)23-11-15-13(2)24-21-17(15)18(22)20-16-5-3-4-10-19-16/h3-10H,11H2,1-2H3,(H,19,20,22). The molecule has 1 N–H and O–H groups in total. The quantitative estimate of drug-likeness (QED) is 0.777. The molecule has 0 aliphatic heterocycles. The number of carbonyl (C=O) groups is 1. The fraction of sp³-hybridized carbons (Fsp3) is 0.167. The zero-order valence-electron chi connectivity index (χ0n) is 13.4. The number of pyridine rings is 1. The van der Waals surface area contributed by atoms with Crippen molar-refractivity contribution in [3.05, 3.63) is 71.2 Å². The van der Waals surface area contributed by atoms with Gasteiger partial charge in [-0.1, -0.05) is 28.9 Å². The molecule has 2 aromatic heterocycles. The molecule has 0 unspecified atom stereocenters. The average molecular weight is 323 g/mol. The number of nitrogens with one attached hydrogen (secondary N) is 1. The van der Waals surface area contributed by atoms with Crippen LogP contribution in [-0.4, -0.2) is 16.0 Å². The molecule has 0 spiro atoms. The second-order valence-electron chi connectivity index (χ2n) is 5.34. The molecule has 0 fully saturated rings. The first-order valence-corrected chi connectivity index (χ1v) is 7.50. The predicted molar refractivity (Wildman–Crippen MR) is 88.9 cm³/mol. The fourth-order valence-corrected chi connectivity index (χ4v) is 2.14. The monoisotopic (exact) mass is 323 g/mol. The Kier molecular flexibility index (Phi) is 4.56. The maximum atomic E-state index is 12.4. The Bertz CT molecular complexity index is 826. The first-order chi connectivity index (χ1) is 11.6. The van der Waals surface area contributed by atoms with Crippen molar-refractivity contribution in [1.82, 2.24) is 10.1 Å². The molecule has 0 aliphatic rings. The van der Waals surface area contributed by atoms with Crippen LogP contribution in [0.1, 0.15) is 27.4 Å². The molecule has 2 heterocycles. The highest BCUT2D eigenvalue weighted by Crippen LogP contribution is 2.19. The predicted octanol–water partition coefficient (Wildman–Crippen LogP) is 3.52. The Morgan fingerprint density at radius 1 is 1.17 bits per heavy atom. The molecule has 0 radical (unpaired) electrons. The van der Waals surface area contributed by atoms with E-state index in [4.69, 9.17) is 9.26 Å². The zero-order valence-corrected chi connectivity index (χ0v) is 13.4. The lowest BCUT2D eigenvalue weighted by molar-refractivity contribution is 0.101. The number of aromatic nitrogens is 2. The molecule has 6 nitrogen and oxygen atoms in total. The van der Waals surface area contributed by atoms with Crippen LogP contribution in [-0.2, 0) is 6.61 Å². The Morgan fingerprint density at radius 3 is 2.67 bits per heavy atom. The summed E-state index contributed by atoms with van der Waals surface area (Å²) >= 11 is 0. The van der Waals surface area contributed by atoms with E-state index in [1.165, 1.54) is 0 Å². The normalized spacial score (nSPS) is 10.4. The van der Waals surface area contributed by atoms with Crippen molar-refractivity contribution >= 4 is 11.7 Å². The molecule has 1 aromatic carbocycles. The number of nitrogens with zero attached hydrogens (tertiary/aromatic N) is 2. The Balaban J connectivity index is 1.73.